The van der Waals surface area contributed by atoms with E-state index >= 15 is 0 Å². The van der Waals surface area contributed by atoms with Crippen molar-refractivity contribution in [2.75, 3.05) is 0 Å². The zero-order chi connectivity index (χ0) is 47.7. The average Bonchev–Trinajstić information content (AvgIpc) is 4.14. The molecule has 0 radical (unpaired) electrons. The average molecular weight is 921 g/mol. The van der Waals surface area contributed by atoms with Crippen molar-refractivity contribution in [3.8, 4) is 67.5 Å². The van der Waals surface area contributed by atoms with Crippen molar-refractivity contribution >= 4 is 65.6 Å². The molecule has 1 aliphatic rings. The molecule has 0 saturated heterocycles. The second kappa shape index (κ2) is 15.3. The molecule has 15 rings (SSSR count). The molecule has 10 aromatic carbocycles. The smallest absolute Gasteiger partial charge is 0.160 e. The summed E-state index contributed by atoms with van der Waals surface area (Å²) in [4.78, 5) is 10.4. The highest BCUT2D eigenvalue weighted by molar-refractivity contribution is 6.18. The fourth-order valence-corrected chi connectivity index (χ4v) is 11.8. The molecule has 5 nitrogen and oxygen atoms in total. The maximum atomic E-state index is 6.44. The van der Waals surface area contributed by atoms with E-state index in [1.807, 2.05) is 18.2 Å². The highest BCUT2D eigenvalue weighted by atomic mass is 16.3. The van der Waals surface area contributed by atoms with Crippen LogP contribution in [0.5, 0.6) is 0 Å². The molecule has 0 aliphatic heterocycles. The van der Waals surface area contributed by atoms with Gasteiger partial charge >= 0.3 is 0 Å². The molecule has 0 N–H and O–H groups in total. The normalized spacial score (nSPS) is 13.0. The highest BCUT2D eigenvalue weighted by Crippen LogP contribution is 2.52. The SMILES string of the molecule is CC1(C)c2ccc(-c3ccc4c(c3)c3cc5c(cc3n4-c3ccccc3)oc3ccccc35)cc2-c2cc3c4ccccc4n(-c4cccc(-c5nc(-c6ccccc6)cc(-c6ccccc6)n5)c4)c3cc21. The van der Waals surface area contributed by atoms with Crippen LogP contribution in [0.3, 0.4) is 0 Å². The van der Waals surface area contributed by atoms with Gasteiger partial charge in [-0.3, -0.25) is 0 Å². The van der Waals surface area contributed by atoms with Gasteiger partial charge in [-0.2, -0.15) is 0 Å². The number of hydrogen-bond acceptors (Lipinski definition) is 3. The molecule has 338 valence electrons. The molecule has 0 amide bonds. The number of hydrogen-bond donors (Lipinski definition) is 0. The number of para-hydroxylation sites is 3. The van der Waals surface area contributed by atoms with Crippen LogP contribution in [0.2, 0.25) is 0 Å². The fraction of sp³-hybridized carbons (Fsp3) is 0.0448. The minimum Gasteiger partial charge on any atom is -0.456 e. The second-order valence-corrected chi connectivity index (χ2v) is 19.8. The molecule has 5 heteroatoms. The van der Waals surface area contributed by atoms with Gasteiger partial charge in [0.15, 0.2) is 5.82 Å². The van der Waals surface area contributed by atoms with Gasteiger partial charge in [0, 0.05) is 71.9 Å². The molecular formula is C67H44N4O. The third-order valence-electron chi connectivity index (χ3n) is 15.3. The third-order valence-corrected chi connectivity index (χ3v) is 15.3. The molecule has 1 aliphatic carbocycles. The van der Waals surface area contributed by atoms with E-state index in [1.54, 1.807) is 0 Å². The number of benzene rings is 10. The van der Waals surface area contributed by atoms with Crippen molar-refractivity contribution < 1.29 is 4.42 Å². The number of rotatable bonds is 6. The van der Waals surface area contributed by atoms with E-state index in [1.165, 1.54) is 66.0 Å². The van der Waals surface area contributed by atoms with Gasteiger partial charge in [-0.25, -0.2) is 9.97 Å². The van der Waals surface area contributed by atoms with Crippen molar-refractivity contribution in [2.45, 2.75) is 19.3 Å². The van der Waals surface area contributed by atoms with Gasteiger partial charge in [0.2, 0.25) is 0 Å². The second-order valence-electron chi connectivity index (χ2n) is 19.8. The van der Waals surface area contributed by atoms with Gasteiger partial charge in [-0.15, -0.1) is 0 Å². The predicted molar refractivity (Wildman–Crippen MR) is 297 cm³/mol. The van der Waals surface area contributed by atoms with Crippen molar-refractivity contribution in [3.63, 3.8) is 0 Å². The number of aromatic nitrogens is 4. The fourth-order valence-electron chi connectivity index (χ4n) is 11.8. The van der Waals surface area contributed by atoms with Gasteiger partial charge in [-0.05, 0) is 112 Å². The van der Waals surface area contributed by atoms with Gasteiger partial charge < -0.3 is 13.6 Å². The van der Waals surface area contributed by atoms with E-state index in [9.17, 15) is 0 Å². The van der Waals surface area contributed by atoms with Crippen molar-refractivity contribution in [1.82, 2.24) is 19.1 Å². The van der Waals surface area contributed by atoms with Crippen molar-refractivity contribution in [1.29, 1.82) is 0 Å². The molecule has 0 unspecified atom stereocenters. The first-order valence-corrected chi connectivity index (χ1v) is 24.7. The third kappa shape index (κ3) is 6.07. The van der Waals surface area contributed by atoms with E-state index in [4.69, 9.17) is 14.4 Å². The van der Waals surface area contributed by atoms with E-state index in [0.717, 1.165) is 72.4 Å². The van der Waals surface area contributed by atoms with E-state index in [2.05, 4.69) is 235 Å². The van der Waals surface area contributed by atoms with Crippen LogP contribution in [-0.4, -0.2) is 19.1 Å². The van der Waals surface area contributed by atoms with Gasteiger partial charge in [0.1, 0.15) is 11.2 Å². The topological polar surface area (TPSA) is 48.8 Å². The Balaban J connectivity index is 0.875. The molecule has 14 aromatic rings. The van der Waals surface area contributed by atoms with Crippen LogP contribution in [0.25, 0.3) is 133 Å². The molecular weight excluding hydrogens is 877 g/mol. The van der Waals surface area contributed by atoms with Crippen LogP contribution in [0.15, 0.2) is 235 Å². The summed E-state index contributed by atoms with van der Waals surface area (Å²) in [6.45, 7) is 4.76. The lowest BCUT2D eigenvalue weighted by atomic mass is 9.82. The molecule has 0 fully saturated rings. The summed E-state index contributed by atoms with van der Waals surface area (Å²) in [5, 5.41) is 7.13. The van der Waals surface area contributed by atoms with Gasteiger partial charge in [0.05, 0.1) is 33.5 Å². The van der Waals surface area contributed by atoms with E-state index < -0.39 is 0 Å². The van der Waals surface area contributed by atoms with Crippen LogP contribution < -0.4 is 0 Å². The minimum atomic E-state index is -0.230. The largest absolute Gasteiger partial charge is 0.456 e. The zero-order valence-corrected chi connectivity index (χ0v) is 39.6. The Kier molecular flexibility index (Phi) is 8.64. The maximum absolute atomic E-state index is 6.44. The highest BCUT2D eigenvalue weighted by Gasteiger charge is 2.37. The Bertz CT molecular complexity index is 4460. The van der Waals surface area contributed by atoms with Crippen molar-refractivity contribution in [3.05, 3.63) is 242 Å². The summed E-state index contributed by atoms with van der Waals surface area (Å²) in [6.07, 6.45) is 0. The summed E-state index contributed by atoms with van der Waals surface area (Å²) in [6, 6.07) is 83.0. The van der Waals surface area contributed by atoms with E-state index in [0.29, 0.717) is 5.82 Å². The lowest BCUT2D eigenvalue weighted by Gasteiger charge is -2.22. The summed E-state index contributed by atoms with van der Waals surface area (Å²) < 4.78 is 11.2. The summed E-state index contributed by atoms with van der Waals surface area (Å²) in [5.74, 6) is 0.691. The lowest BCUT2D eigenvalue weighted by molar-refractivity contribution is 0.661. The van der Waals surface area contributed by atoms with Crippen molar-refractivity contribution in [2.24, 2.45) is 0 Å². The van der Waals surface area contributed by atoms with E-state index in [-0.39, 0.29) is 5.41 Å². The molecule has 0 atom stereocenters. The summed E-state index contributed by atoms with van der Waals surface area (Å²) in [5.41, 5.74) is 20.9. The Morgan fingerprint density at radius 3 is 1.68 bits per heavy atom. The Morgan fingerprint density at radius 1 is 0.333 bits per heavy atom. The molecule has 4 aromatic heterocycles. The minimum absolute atomic E-state index is 0.230. The molecule has 0 saturated carbocycles. The van der Waals surface area contributed by atoms with Crippen LogP contribution in [-0.2, 0) is 5.41 Å². The zero-order valence-electron chi connectivity index (χ0n) is 39.6. The van der Waals surface area contributed by atoms with Crippen LogP contribution in [0, 0.1) is 0 Å². The van der Waals surface area contributed by atoms with Crippen LogP contribution in [0.4, 0.5) is 0 Å². The summed E-state index contributed by atoms with van der Waals surface area (Å²) in [7, 11) is 0. The Morgan fingerprint density at radius 2 is 0.903 bits per heavy atom. The first kappa shape index (κ1) is 40.6. The first-order chi connectivity index (χ1) is 35.4. The first-order valence-electron chi connectivity index (χ1n) is 24.7. The van der Waals surface area contributed by atoms with Gasteiger partial charge in [0.25, 0.3) is 0 Å². The van der Waals surface area contributed by atoms with Crippen LogP contribution in [0.1, 0.15) is 25.0 Å². The Hall–Kier alpha value is -9.32. The Labute approximate surface area is 415 Å². The number of furan rings is 1. The number of nitrogens with zero attached hydrogens (tertiary/aromatic N) is 4. The quantitative estimate of drug-likeness (QED) is 0.167. The molecule has 4 heterocycles. The maximum Gasteiger partial charge on any atom is 0.160 e. The molecule has 0 spiro atoms. The summed E-state index contributed by atoms with van der Waals surface area (Å²) >= 11 is 0. The lowest BCUT2D eigenvalue weighted by Crippen LogP contribution is -2.15. The predicted octanol–water partition coefficient (Wildman–Crippen LogP) is 17.5. The van der Waals surface area contributed by atoms with Crippen LogP contribution >= 0.6 is 0 Å². The monoisotopic (exact) mass is 920 g/mol. The van der Waals surface area contributed by atoms with Gasteiger partial charge in [-0.1, -0.05) is 159 Å². The number of fused-ring (bicyclic) bond motifs is 12. The molecule has 0 bridgehead atoms. The standard InChI is InChI=1S/C67H44N4O/c1-67(2)56-31-29-43(44-30-32-61-52(35-44)54-37-55-49-26-13-15-28-64(49)72-65(55)40-63(54)70(61)46-22-10-5-11-23-46)34-50(56)51-36-53-48-25-12-14-27-60(48)71(62(53)38-57(51)67)47-24-16-21-45(33-47)66-68-58(41-17-6-3-7-18-41)39-59(69-66)42-19-8-4-9-20-42/h3-40H,1-2H3. The molecule has 72 heavy (non-hydrogen) atoms.